The maximum atomic E-state index is 13.7. The van der Waals surface area contributed by atoms with Crippen LogP contribution in [0.25, 0.3) is 0 Å². The number of amides is 2. The maximum Gasteiger partial charge on any atom is 0.407 e. The molecular weight excluding hydrogens is 620 g/mol. The molecule has 14 heteroatoms. The molecule has 3 rings (SSSR count). The lowest BCUT2D eigenvalue weighted by molar-refractivity contribution is -0.118. The summed E-state index contributed by atoms with van der Waals surface area (Å²) in [5.41, 5.74) is 13.7. The number of aliphatic hydroxyl groups is 1. The van der Waals surface area contributed by atoms with Crippen LogP contribution in [0.2, 0.25) is 5.02 Å². The molecule has 0 unspecified atom stereocenters. The smallest absolute Gasteiger partial charge is 0.407 e. The Hall–Kier alpha value is -4.43. The molecule has 3 aromatic carbocycles. The second-order valence-electron chi connectivity index (χ2n) is 10.0. The van der Waals surface area contributed by atoms with Crippen LogP contribution in [0, 0.1) is 5.41 Å². The van der Waals surface area contributed by atoms with Gasteiger partial charge in [0.15, 0.2) is 0 Å². The Morgan fingerprint density at radius 1 is 1.07 bits per heavy atom. The molecule has 240 valence electrons. The molecule has 45 heavy (non-hydrogen) atoms. The summed E-state index contributed by atoms with van der Waals surface area (Å²) in [7, 11) is -2.96. The molecular formula is C31H37ClN6O6S. The highest BCUT2D eigenvalue weighted by Crippen LogP contribution is 2.25. The summed E-state index contributed by atoms with van der Waals surface area (Å²) in [6, 6.07) is 17.6. The number of nitrogens with two attached hydrogens (primary N) is 2. The van der Waals surface area contributed by atoms with Gasteiger partial charge in [-0.1, -0.05) is 48.0 Å². The molecule has 3 aromatic rings. The van der Waals surface area contributed by atoms with Crippen molar-refractivity contribution < 1.29 is 27.9 Å². The number of carbonyl (C=O) groups excluding carboxylic acids is 2. The van der Waals surface area contributed by atoms with Crippen molar-refractivity contribution in [2.75, 3.05) is 31.3 Å². The molecule has 0 saturated heterocycles. The van der Waals surface area contributed by atoms with Crippen LogP contribution in [0.5, 0.6) is 0 Å². The van der Waals surface area contributed by atoms with E-state index in [1.807, 2.05) is 0 Å². The Labute approximate surface area is 267 Å². The first-order chi connectivity index (χ1) is 21.5. The molecule has 0 aliphatic heterocycles. The van der Waals surface area contributed by atoms with Gasteiger partial charge in [0.2, 0.25) is 15.9 Å². The summed E-state index contributed by atoms with van der Waals surface area (Å²) in [5, 5.41) is 23.8. The number of rotatable bonds is 15. The summed E-state index contributed by atoms with van der Waals surface area (Å²) >= 11 is 6.30. The first-order valence-electron chi connectivity index (χ1n) is 13.9. The van der Waals surface area contributed by atoms with Crippen molar-refractivity contribution in [1.29, 1.82) is 5.41 Å². The molecule has 0 saturated carbocycles. The minimum absolute atomic E-state index is 0.0353. The number of sulfonamides is 1. The highest BCUT2D eigenvalue weighted by atomic mass is 35.5. The molecule has 2 amide bonds. The predicted octanol–water partition coefficient (Wildman–Crippen LogP) is 3.30. The number of nitrogens with zero attached hydrogens (tertiary/aromatic N) is 1. The van der Waals surface area contributed by atoms with Gasteiger partial charge in [0.1, 0.15) is 6.04 Å². The Morgan fingerprint density at radius 2 is 1.71 bits per heavy atom. The number of alkyl carbamates (subject to hydrolysis) is 1. The van der Waals surface area contributed by atoms with Crippen LogP contribution in [0.15, 0.2) is 89.5 Å². The Kier molecular flexibility index (Phi) is 12.9. The zero-order valence-corrected chi connectivity index (χ0v) is 26.2. The van der Waals surface area contributed by atoms with E-state index >= 15 is 0 Å². The highest BCUT2D eigenvalue weighted by Gasteiger charge is 2.32. The lowest BCUT2D eigenvalue weighted by Crippen LogP contribution is -2.45. The number of nitrogen functional groups attached to an aromatic ring is 1. The summed E-state index contributed by atoms with van der Waals surface area (Å²) in [6.45, 7) is -0.777. The summed E-state index contributed by atoms with van der Waals surface area (Å²) in [4.78, 5) is 25.5. The number of carbonyl (C=O) groups is 2. The van der Waals surface area contributed by atoms with Crippen LogP contribution in [-0.2, 0) is 32.4 Å². The van der Waals surface area contributed by atoms with Crippen molar-refractivity contribution in [3.8, 4) is 0 Å². The third kappa shape index (κ3) is 9.53. The van der Waals surface area contributed by atoms with Gasteiger partial charge in [-0.3, -0.25) is 4.79 Å². The third-order valence-electron chi connectivity index (χ3n) is 7.04. The molecule has 8 N–H and O–H groups in total. The number of benzene rings is 3. The maximum absolute atomic E-state index is 13.7. The second kappa shape index (κ2) is 16.6. The van der Waals surface area contributed by atoms with E-state index in [-0.39, 0.29) is 36.3 Å². The first-order valence-corrected chi connectivity index (χ1v) is 15.7. The minimum atomic E-state index is -4.15. The van der Waals surface area contributed by atoms with Crippen LogP contribution in [-0.4, -0.2) is 68.4 Å². The van der Waals surface area contributed by atoms with Gasteiger partial charge in [0, 0.05) is 47.2 Å². The van der Waals surface area contributed by atoms with Crippen molar-refractivity contribution in [3.63, 3.8) is 0 Å². The Balaban J connectivity index is 1.86. The SMILES string of the molecule is COC(=O)N[C@@H](Cc1ccccc1Cl)C(=O)Nc1ccccc1CC[C@@H](CO)N(C/C(C=N)=C/N)S(=O)(=O)c1ccc(N)cc1. The summed E-state index contributed by atoms with van der Waals surface area (Å²) in [5.74, 6) is -0.525. The van der Waals surface area contributed by atoms with Gasteiger partial charge in [0.05, 0.1) is 18.6 Å². The monoisotopic (exact) mass is 656 g/mol. The van der Waals surface area contributed by atoms with Gasteiger partial charge in [-0.25, -0.2) is 13.2 Å². The van der Waals surface area contributed by atoms with E-state index in [1.165, 1.54) is 31.4 Å². The van der Waals surface area contributed by atoms with Crippen LogP contribution in [0.4, 0.5) is 16.2 Å². The molecule has 12 nitrogen and oxygen atoms in total. The fourth-order valence-electron chi connectivity index (χ4n) is 4.53. The van der Waals surface area contributed by atoms with Crippen molar-refractivity contribution in [2.24, 2.45) is 5.73 Å². The molecule has 0 aromatic heterocycles. The number of aliphatic hydroxyl groups excluding tert-OH is 1. The number of ether oxygens (including phenoxy) is 1. The van der Waals surface area contributed by atoms with E-state index in [2.05, 4.69) is 10.6 Å². The molecule has 0 aliphatic rings. The van der Waals surface area contributed by atoms with Gasteiger partial charge < -0.3 is 37.4 Å². The topological polar surface area (TPSA) is 201 Å². The number of para-hydroxylation sites is 1. The van der Waals surface area contributed by atoms with Crippen molar-refractivity contribution in [1.82, 2.24) is 9.62 Å². The fourth-order valence-corrected chi connectivity index (χ4v) is 6.38. The minimum Gasteiger partial charge on any atom is -0.453 e. The molecule has 0 fully saturated rings. The van der Waals surface area contributed by atoms with Crippen LogP contribution < -0.4 is 22.1 Å². The zero-order valence-electron chi connectivity index (χ0n) is 24.6. The van der Waals surface area contributed by atoms with Crippen molar-refractivity contribution >= 4 is 51.2 Å². The van der Waals surface area contributed by atoms with Gasteiger partial charge in [-0.05, 0) is 66.6 Å². The standard InChI is InChI=1S/C31H37ClN6O6S/c1-44-31(41)37-29(16-23-7-2-4-8-27(23)32)30(40)36-28-9-5-3-6-22(28)10-13-25(20-39)38(19-21(17-33)18-34)45(42,43)26-14-11-24(35)12-15-26/h2-9,11-12,14-15,17-18,25,29,33,39H,10,13,16,19-20,34-35H2,1H3,(H,36,40)(H,37,41)/b21-18+,33-17?/t25-,29-/m0/s1. The van der Waals surface area contributed by atoms with Crippen LogP contribution >= 0.6 is 11.6 Å². The Bertz CT molecular complexity index is 1620. The second-order valence-corrected chi connectivity index (χ2v) is 12.3. The normalized spacial score (nSPS) is 13.1. The lowest BCUT2D eigenvalue weighted by Gasteiger charge is -2.30. The molecule has 0 spiro atoms. The van der Waals surface area contributed by atoms with Gasteiger partial charge >= 0.3 is 6.09 Å². The number of halogens is 1. The van der Waals surface area contributed by atoms with Crippen molar-refractivity contribution in [3.05, 3.63) is 101 Å². The van der Waals surface area contributed by atoms with Gasteiger partial charge in [0.25, 0.3) is 0 Å². The average Bonchev–Trinajstić information content (AvgIpc) is 3.04. The summed E-state index contributed by atoms with van der Waals surface area (Å²) in [6.07, 6.45) is 1.79. The van der Waals surface area contributed by atoms with E-state index in [1.54, 1.807) is 48.5 Å². The largest absolute Gasteiger partial charge is 0.453 e. The van der Waals surface area contributed by atoms with Gasteiger partial charge in [-0.2, -0.15) is 4.31 Å². The van der Waals surface area contributed by atoms with Gasteiger partial charge in [-0.15, -0.1) is 0 Å². The quantitative estimate of drug-likeness (QED) is 0.106. The zero-order chi connectivity index (χ0) is 33.0. The molecule has 0 aliphatic carbocycles. The number of aryl methyl sites for hydroxylation is 1. The van der Waals surface area contributed by atoms with E-state index in [4.69, 9.17) is 33.2 Å². The molecule has 2 atom stereocenters. The third-order valence-corrected chi connectivity index (χ3v) is 9.32. The van der Waals surface area contributed by atoms with Crippen LogP contribution in [0.1, 0.15) is 17.5 Å². The molecule has 0 heterocycles. The summed E-state index contributed by atoms with van der Waals surface area (Å²) < 4.78 is 33.2. The predicted molar refractivity (Wildman–Crippen MR) is 175 cm³/mol. The number of anilines is 2. The van der Waals surface area contributed by atoms with E-state index < -0.39 is 40.7 Å². The van der Waals surface area contributed by atoms with E-state index in [9.17, 15) is 23.1 Å². The first kappa shape index (κ1) is 35.1. The van der Waals surface area contributed by atoms with Crippen LogP contribution in [0.3, 0.4) is 0 Å². The Morgan fingerprint density at radius 3 is 2.31 bits per heavy atom. The van der Waals surface area contributed by atoms with E-state index in [0.29, 0.717) is 27.5 Å². The van der Waals surface area contributed by atoms with E-state index in [0.717, 1.165) is 16.7 Å². The average molecular weight is 657 g/mol. The molecule has 0 radical (unpaired) electrons. The fraction of sp³-hybridized carbons (Fsp3) is 0.258. The number of hydrogen-bond acceptors (Lipinski definition) is 9. The number of methoxy groups -OCH3 is 1. The number of hydrogen-bond donors (Lipinski definition) is 6. The lowest BCUT2D eigenvalue weighted by atomic mass is 10.0. The van der Waals surface area contributed by atoms with Crippen molar-refractivity contribution in [2.45, 2.75) is 36.2 Å². The highest BCUT2D eigenvalue weighted by molar-refractivity contribution is 7.89. The number of nitrogens with one attached hydrogen (secondary N) is 3. The molecule has 0 bridgehead atoms.